The van der Waals surface area contributed by atoms with E-state index in [-0.39, 0.29) is 1.43 Å². The molecule has 30 heavy (non-hydrogen) atoms. The van der Waals surface area contributed by atoms with E-state index in [0.29, 0.717) is 0 Å². The van der Waals surface area contributed by atoms with Crippen LogP contribution in [-0.4, -0.2) is 4.98 Å². The SMILES string of the molecule is [HH].c1ccc2c(c1)ccc1[nH]c3c(-c4ccc5c(c4)oc4ccccc45)cccc3c12. The zero-order valence-corrected chi connectivity index (χ0v) is 16.1. The number of aromatic nitrogens is 1. The fraction of sp³-hybridized carbons (Fsp3) is 0. The van der Waals surface area contributed by atoms with E-state index in [9.17, 15) is 0 Å². The van der Waals surface area contributed by atoms with E-state index in [1.807, 2.05) is 12.1 Å². The summed E-state index contributed by atoms with van der Waals surface area (Å²) in [6.45, 7) is 0. The maximum atomic E-state index is 6.13. The first-order valence-corrected chi connectivity index (χ1v) is 10.2. The highest BCUT2D eigenvalue weighted by Crippen LogP contribution is 2.38. The van der Waals surface area contributed by atoms with Crippen LogP contribution >= 0.6 is 0 Å². The Morgan fingerprint density at radius 3 is 2.37 bits per heavy atom. The summed E-state index contributed by atoms with van der Waals surface area (Å²) in [4.78, 5) is 3.68. The average molecular weight is 385 g/mol. The molecule has 2 nitrogen and oxygen atoms in total. The van der Waals surface area contributed by atoms with Crippen molar-refractivity contribution in [1.29, 1.82) is 0 Å². The fourth-order valence-electron chi connectivity index (χ4n) is 4.83. The van der Waals surface area contributed by atoms with Crippen LogP contribution in [0.2, 0.25) is 0 Å². The number of fused-ring (bicyclic) bond motifs is 8. The van der Waals surface area contributed by atoms with E-state index in [2.05, 4.69) is 89.9 Å². The highest BCUT2D eigenvalue weighted by molar-refractivity contribution is 6.22. The minimum atomic E-state index is 0. The van der Waals surface area contributed by atoms with Crippen molar-refractivity contribution in [2.24, 2.45) is 0 Å². The Balaban J connectivity index is 0.00000185. The molecule has 5 aromatic carbocycles. The van der Waals surface area contributed by atoms with E-state index in [4.69, 9.17) is 4.42 Å². The second-order valence-electron chi connectivity index (χ2n) is 7.87. The van der Waals surface area contributed by atoms with Crippen LogP contribution in [0.3, 0.4) is 0 Å². The standard InChI is InChI=1S/C28H17NO.H2/c1-2-7-19-17(6-1)13-15-24-27(19)23-10-5-9-20(28(23)29-24)18-12-14-22-21-8-3-4-11-25(21)30-26(22)16-18;/h1-16,29H;1H. The van der Waals surface area contributed by atoms with Crippen molar-refractivity contribution in [2.75, 3.05) is 0 Å². The van der Waals surface area contributed by atoms with Gasteiger partial charge in [0.2, 0.25) is 0 Å². The maximum Gasteiger partial charge on any atom is 0.136 e. The molecule has 0 aliphatic heterocycles. The quantitative estimate of drug-likeness (QED) is 0.302. The molecule has 0 fully saturated rings. The molecule has 0 unspecified atom stereocenters. The Kier molecular flexibility index (Phi) is 3.03. The molecule has 0 atom stereocenters. The Bertz CT molecular complexity index is 1760. The average Bonchev–Trinajstić information content (AvgIpc) is 3.36. The third-order valence-electron chi connectivity index (χ3n) is 6.21. The molecule has 0 aliphatic carbocycles. The molecule has 0 spiro atoms. The highest BCUT2D eigenvalue weighted by atomic mass is 16.3. The molecule has 0 amide bonds. The largest absolute Gasteiger partial charge is 0.456 e. The Morgan fingerprint density at radius 2 is 1.40 bits per heavy atom. The third kappa shape index (κ3) is 2.08. The van der Waals surface area contributed by atoms with E-state index in [1.54, 1.807) is 0 Å². The molecule has 142 valence electrons. The molecule has 1 N–H and O–H groups in total. The number of hydrogen-bond donors (Lipinski definition) is 1. The second kappa shape index (κ2) is 5.74. The van der Waals surface area contributed by atoms with Crippen molar-refractivity contribution >= 4 is 54.5 Å². The minimum absolute atomic E-state index is 0. The first kappa shape index (κ1) is 15.8. The molecular formula is C28H19NO. The van der Waals surface area contributed by atoms with Gasteiger partial charge in [-0.1, -0.05) is 72.8 Å². The maximum absolute atomic E-state index is 6.13. The summed E-state index contributed by atoms with van der Waals surface area (Å²) in [5, 5.41) is 7.41. The smallest absolute Gasteiger partial charge is 0.136 e. The van der Waals surface area contributed by atoms with E-state index in [0.717, 1.165) is 27.5 Å². The lowest BCUT2D eigenvalue weighted by Crippen LogP contribution is -1.80. The number of aromatic amines is 1. The lowest BCUT2D eigenvalue weighted by molar-refractivity contribution is 0.669. The van der Waals surface area contributed by atoms with Crippen LogP contribution in [0.15, 0.2) is 101 Å². The summed E-state index contributed by atoms with van der Waals surface area (Å²) in [7, 11) is 0. The van der Waals surface area contributed by atoms with Crippen LogP contribution in [0.25, 0.3) is 65.6 Å². The van der Waals surface area contributed by atoms with Crippen LogP contribution in [0, 0.1) is 0 Å². The summed E-state index contributed by atoms with van der Waals surface area (Å²) >= 11 is 0. The number of nitrogens with one attached hydrogen (secondary N) is 1. The van der Waals surface area contributed by atoms with Gasteiger partial charge in [0, 0.05) is 34.1 Å². The molecule has 0 radical (unpaired) electrons. The van der Waals surface area contributed by atoms with Gasteiger partial charge < -0.3 is 9.40 Å². The molecule has 2 heteroatoms. The van der Waals surface area contributed by atoms with Crippen molar-refractivity contribution in [3.8, 4) is 11.1 Å². The minimum Gasteiger partial charge on any atom is -0.456 e. The Labute approximate surface area is 173 Å². The van der Waals surface area contributed by atoms with E-state index < -0.39 is 0 Å². The number of para-hydroxylation sites is 2. The normalized spacial score (nSPS) is 12.0. The molecule has 0 bridgehead atoms. The highest BCUT2D eigenvalue weighted by Gasteiger charge is 2.13. The second-order valence-corrected chi connectivity index (χ2v) is 7.87. The monoisotopic (exact) mass is 385 g/mol. The van der Waals surface area contributed by atoms with Crippen molar-refractivity contribution < 1.29 is 5.84 Å². The van der Waals surface area contributed by atoms with Gasteiger partial charge in [0.05, 0.1) is 5.52 Å². The van der Waals surface area contributed by atoms with Gasteiger partial charge in [0.15, 0.2) is 0 Å². The first-order valence-electron chi connectivity index (χ1n) is 10.2. The Morgan fingerprint density at radius 1 is 0.600 bits per heavy atom. The number of H-pyrrole nitrogens is 1. The molecule has 7 aromatic rings. The molecule has 0 saturated heterocycles. The van der Waals surface area contributed by atoms with Gasteiger partial charge in [-0.15, -0.1) is 0 Å². The van der Waals surface area contributed by atoms with Crippen LogP contribution in [0.1, 0.15) is 1.43 Å². The predicted molar refractivity (Wildman–Crippen MR) is 128 cm³/mol. The van der Waals surface area contributed by atoms with Gasteiger partial charge in [-0.3, -0.25) is 0 Å². The Hall–Kier alpha value is -4.04. The molecule has 2 heterocycles. The lowest BCUT2D eigenvalue weighted by Gasteiger charge is -2.04. The molecule has 0 saturated carbocycles. The van der Waals surface area contributed by atoms with Crippen LogP contribution in [0.4, 0.5) is 0 Å². The number of rotatable bonds is 1. The summed E-state index contributed by atoms with van der Waals surface area (Å²) in [5.41, 5.74) is 6.53. The molecule has 7 rings (SSSR count). The summed E-state index contributed by atoms with van der Waals surface area (Å²) < 4.78 is 6.13. The van der Waals surface area contributed by atoms with Gasteiger partial charge in [0.25, 0.3) is 0 Å². The molecule has 2 aromatic heterocycles. The number of furan rings is 1. The topological polar surface area (TPSA) is 28.9 Å². The van der Waals surface area contributed by atoms with Crippen molar-refractivity contribution in [1.82, 2.24) is 4.98 Å². The van der Waals surface area contributed by atoms with Gasteiger partial charge in [-0.25, -0.2) is 0 Å². The van der Waals surface area contributed by atoms with Crippen LogP contribution < -0.4 is 0 Å². The van der Waals surface area contributed by atoms with Gasteiger partial charge in [-0.2, -0.15) is 0 Å². The molecule has 0 aliphatic rings. The van der Waals surface area contributed by atoms with E-state index >= 15 is 0 Å². The van der Waals surface area contributed by atoms with Gasteiger partial charge >= 0.3 is 0 Å². The van der Waals surface area contributed by atoms with Crippen LogP contribution in [0.5, 0.6) is 0 Å². The summed E-state index contributed by atoms with van der Waals surface area (Å²) in [6.07, 6.45) is 0. The summed E-state index contributed by atoms with van der Waals surface area (Å²) in [5.74, 6) is 0. The lowest BCUT2D eigenvalue weighted by atomic mass is 9.99. The number of hydrogen-bond acceptors (Lipinski definition) is 1. The summed E-state index contributed by atoms with van der Waals surface area (Å²) in [6, 6.07) is 34.2. The van der Waals surface area contributed by atoms with Crippen molar-refractivity contribution in [3.63, 3.8) is 0 Å². The van der Waals surface area contributed by atoms with Gasteiger partial charge in [-0.05, 0) is 40.6 Å². The predicted octanol–water partition coefficient (Wildman–Crippen LogP) is 8.29. The fourth-order valence-corrected chi connectivity index (χ4v) is 4.83. The zero-order valence-electron chi connectivity index (χ0n) is 16.1. The number of benzene rings is 5. The van der Waals surface area contributed by atoms with Crippen molar-refractivity contribution in [3.05, 3.63) is 97.1 Å². The third-order valence-corrected chi connectivity index (χ3v) is 6.21. The van der Waals surface area contributed by atoms with Gasteiger partial charge in [0.1, 0.15) is 11.2 Å². The molecular weight excluding hydrogens is 366 g/mol. The van der Waals surface area contributed by atoms with Crippen LogP contribution in [-0.2, 0) is 0 Å². The first-order chi connectivity index (χ1) is 14.9. The van der Waals surface area contributed by atoms with E-state index in [1.165, 1.54) is 38.1 Å². The van der Waals surface area contributed by atoms with Crippen molar-refractivity contribution in [2.45, 2.75) is 0 Å². The zero-order chi connectivity index (χ0) is 19.7.